The van der Waals surface area contributed by atoms with Crippen molar-refractivity contribution >= 4 is 22.4 Å². The summed E-state index contributed by atoms with van der Waals surface area (Å²) in [6, 6.07) is 19.3. The van der Waals surface area contributed by atoms with Gasteiger partial charge in [0.25, 0.3) is 11.5 Å². The van der Waals surface area contributed by atoms with Crippen LogP contribution in [0.4, 0.5) is 18.9 Å². The number of alkyl halides is 3. The van der Waals surface area contributed by atoms with Crippen molar-refractivity contribution in [2.45, 2.75) is 6.18 Å². The Balaban J connectivity index is 1.82. The predicted molar refractivity (Wildman–Crippen MR) is 107 cm³/mol. The number of nitrogens with one attached hydrogen (secondary N) is 1. The molecule has 0 aliphatic rings. The van der Waals surface area contributed by atoms with E-state index in [1.54, 1.807) is 54.6 Å². The molecule has 1 amide bonds. The van der Waals surface area contributed by atoms with Crippen LogP contribution < -0.4 is 10.9 Å². The molecule has 1 aromatic heterocycles. The first-order chi connectivity index (χ1) is 14.3. The van der Waals surface area contributed by atoms with E-state index in [-0.39, 0.29) is 16.8 Å². The van der Waals surface area contributed by atoms with E-state index < -0.39 is 23.2 Å². The predicted octanol–water partition coefficient (Wildman–Crippen LogP) is 4.66. The van der Waals surface area contributed by atoms with Crippen molar-refractivity contribution in [1.82, 2.24) is 9.78 Å². The minimum Gasteiger partial charge on any atom is -0.321 e. The van der Waals surface area contributed by atoms with E-state index >= 15 is 0 Å². The third-order valence-electron chi connectivity index (χ3n) is 4.47. The second kappa shape index (κ2) is 7.47. The molecule has 3 aromatic carbocycles. The van der Waals surface area contributed by atoms with Crippen LogP contribution in [-0.4, -0.2) is 15.7 Å². The van der Waals surface area contributed by atoms with E-state index in [1.165, 1.54) is 12.1 Å². The fourth-order valence-electron chi connectivity index (χ4n) is 3.06. The highest BCUT2D eigenvalue weighted by atomic mass is 19.4. The lowest BCUT2D eigenvalue weighted by molar-refractivity contribution is -0.137. The first-order valence-electron chi connectivity index (χ1n) is 8.91. The average molecular weight is 409 g/mol. The van der Waals surface area contributed by atoms with Crippen molar-refractivity contribution < 1.29 is 18.0 Å². The first-order valence-corrected chi connectivity index (χ1v) is 8.91. The highest BCUT2D eigenvalue weighted by molar-refractivity contribution is 6.11. The summed E-state index contributed by atoms with van der Waals surface area (Å²) in [4.78, 5) is 25.8. The molecule has 0 saturated heterocycles. The highest BCUT2D eigenvalue weighted by Crippen LogP contribution is 2.30. The number of fused-ring (bicyclic) bond motifs is 1. The number of benzene rings is 3. The number of hydrogen-bond acceptors (Lipinski definition) is 3. The van der Waals surface area contributed by atoms with Crippen molar-refractivity contribution in [3.63, 3.8) is 0 Å². The molecular weight excluding hydrogens is 395 g/mol. The van der Waals surface area contributed by atoms with Crippen LogP contribution in [0, 0.1) is 0 Å². The van der Waals surface area contributed by atoms with Crippen LogP contribution in [0.1, 0.15) is 16.1 Å². The fraction of sp³-hybridized carbons (Fsp3) is 0.0455. The highest BCUT2D eigenvalue weighted by Gasteiger charge is 2.30. The fourth-order valence-corrected chi connectivity index (χ4v) is 3.06. The summed E-state index contributed by atoms with van der Waals surface area (Å²) in [5, 5.41) is 7.23. The molecule has 5 nitrogen and oxygen atoms in total. The summed E-state index contributed by atoms with van der Waals surface area (Å²) in [6.07, 6.45) is -4.54. The van der Waals surface area contributed by atoms with Crippen LogP contribution >= 0.6 is 0 Å². The van der Waals surface area contributed by atoms with Gasteiger partial charge in [0.1, 0.15) is 0 Å². The van der Waals surface area contributed by atoms with Gasteiger partial charge < -0.3 is 5.32 Å². The molecule has 30 heavy (non-hydrogen) atoms. The van der Waals surface area contributed by atoms with E-state index in [0.29, 0.717) is 11.1 Å². The zero-order valence-electron chi connectivity index (χ0n) is 15.4. The van der Waals surface area contributed by atoms with Gasteiger partial charge in [0.2, 0.25) is 0 Å². The molecule has 0 radical (unpaired) electrons. The normalized spacial score (nSPS) is 11.4. The Hall–Kier alpha value is -3.94. The van der Waals surface area contributed by atoms with E-state index in [2.05, 4.69) is 10.4 Å². The number of halogens is 3. The van der Waals surface area contributed by atoms with Gasteiger partial charge in [-0.3, -0.25) is 9.59 Å². The molecule has 0 spiro atoms. The second-order valence-corrected chi connectivity index (χ2v) is 6.48. The Bertz CT molecular complexity index is 1300. The SMILES string of the molecule is O=C(Nc1cccc(C(F)(F)F)c1)c1nn(-c2ccccc2)c(=O)c2ccccc12. The molecule has 0 aliphatic carbocycles. The molecule has 4 rings (SSSR count). The largest absolute Gasteiger partial charge is 0.416 e. The Morgan fingerprint density at radius 3 is 2.23 bits per heavy atom. The lowest BCUT2D eigenvalue weighted by Gasteiger charge is -2.12. The van der Waals surface area contributed by atoms with Gasteiger partial charge >= 0.3 is 6.18 Å². The zero-order valence-corrected chi connectivity index (χ0v) is 15.4. The van der Waals surface area contributed by atoms with Crippen LogP contribution in [0.5, 0.6) is 0 Å². The van der Waals surface area contributed by atoms with Crippen molar-refractivity contribution in [2.75, 3.05) is 5.32 Å². The number of carbonyl (C=O) groups excluding carboxylic acids is 1. The molecule has 8 heteroatoms. The van der Waals surface area contributed by atoms with Crippen LogP contribution in [-0.2, 0) is 6.18 Å². The van der Waals surface area contributed by atoms with Gasteiger partial charge in [-0.1, -0.05) is 42.5 Å². The van der Waals surface area contributed by atoms with E-state index in [4.69, 9.17) is 0 Å². The molecule has 1 N–H and O–H groups in total. The second-order valence-electron chi connectivity index (χ2n) is 6.48. The smallest absolute Gasteiger partial charge is 0.321 e. The van der Waals surface area contributed by atoms with E-state index in [1.807, 2.05) is 0 Å². The number of rotatable bonds is 3. The van der Waals surface area contributed by atoms with E-state index in [0.717, 1.165) is 16.8 Å². The summed E-state index contributed by atoms with van der Waals surface area (Å²) in [5.74, 6) is -0.727. The Morgan fingerprint density at radius 1 is 0.867 bits per heavy atom. The maximum atomic E-state index is 13.0. The quantitative estimate of drug-likeness (QED) is 0.536. The molecule has 0 bridgehead atoms. The number of hydrogen-bond donors (Lipinski definition) is 1. The minimum atomic E-state index is -4.54. The van der Waals surface area contributed by atoms with Crippen molar-refractivity contribution in [3.8, 4) is 5.69 Å². The molecule has 0 saturated carbocycles. The van der Waals surface area contributed by atoms with Gasteiger partial charge in [0.05, 0.1) is 16.6 Å². The van der Waals surface area contributed by atoms with E-state index in [9.17, 15) is 22.8 Å². The van der Waals surface area contributed by atoms with Gasteiger partial charge in [-0.2, -0.15) is 23.0 Å². The molecule has 150 valence electrons. The summed E-state index contributed by atoms with van der Waals surface area (Å²) in [7, 11) is 0. The molecule has 4 aromatic rings. The van der Waals surface area contributed by atoms with Gasteiger partial charge in [-0.05, 0) is 36.4 Å². The lowest BCUT2D eigenvalue weighted by atomic mass is 10.1. The number of amides is 1. The molecular formula is C22H14F3N3O2. The van der Waals surface area contributed by atoms with Gasteiger partial charge in [0, 0.05) is 11.1 Å². The molecule has 0 atom stereocenters. The molecule has 0 unspecified atom stereocenters. The summed E-state index contributed by atoms with van der Waals surface area (Å²) in [6.45, 7) is 0. The number of aromatic nitrogens is 2. The van der Waals surface area contributed by atoms with Gasteiger partial charge in [0.15, 0.2) is 5.69 Å². The topological polar surface area (TPSA) is 64.0 Å². The Morgan fingerprint density at radius 2 is 1.53 bits per heavy atom. The van der Waals surface area contributed by atoms with Crippen LogP contribution in [0.15, 0.2) is 83.7 Å². The van der Waals surface area contributed by atoms with Crippen LogP contribution in [0.25, 0.3) is 16.5 Å². The third-order valence-corrected chi connectivity index (χ3v) is 4.47. The Kier molecular flexibility index (Phi) is 4.83. The maximum Gasteiger partial charge on any atom is 0.416 e. The average Bonchev–Trinajstić information content (AvgIpc) is 2.74. The van der Waals surface area contributed by atoms with Crippen molar-refractivity contribution in [2.24, 2.45) is 0 Å². The molecule has 1 heterocycles. The maximum absolute atomic E-state index is 13.0. The summed E-state index contributed by atoms with van der Waals surface area (Å²) in [5.41, 5.74) is -0.939. The van der Waals surface area contributed by atoms with Gasteiger partial charge in [-0.25, -0.2) is 0 Å². The van der Waals surface area contributed by atoms with Crippen molar-refractivity contribution in [1.29, 1.82) is 0 Å². The van der Waals surface area contributed by atoms with Gasteiger partial charge in [-0.15, -0.1) is 0 Å². The van der Waals surface area contributed by atoms with Crippen LogP contribution in [0.3, 0.4) is 0 Å². The van der Waals surface area contributed by atoms with Crippen LogP contribution in [0.2, 0.25) is 0 Å². The van der Waals surface area contributed by atoms with Crippen molar-refractivity contribution in [3.05, 3.63) is 100 Å². The number of nitrogens with zero attached hydrogens (tertiary/aromatic N) is 2. The first kappa shape index (κ1) is 19.4. The monoisotopic (exact) mass is 409 g/mol. The summed E-state index contributed by atoms with van der Waals surface area (Å²) >= 11 is 0. The molecule has 0 aliphatic heterocycles. The zero-order chi connectivity index (χ0) is 21.3. The minimum absolute atomic E-state index is 0.0295. The summed E-state index contributed by atoms with van der Waals surface area (Å²) < 4.78 is 40.0. The lowest BCUT2D eigenvalue weighted by Crippen LogP contribution is -2.26. The number of carbonyl (C=O) groups is 1. The molecule has 0 fully saturated rings. The standard InChI is InChI=1S/C22H14F3N3O2/c23-22(24,25)14-7-6-8-15(13-14)26-20(29)19-17-11-4-5-12-18(17)21(30)28(27-19)16-9-2-1-3-10-16/h1-13H,(H,26,29). The third kappa shape index (κ3) is 3.67. The Labute approximate surface area is 168 Å². The number of para-hydroxylation sites is 1. The number of anilines is 1.